The molecule has 5 heteroatoms. The average Bonchev–Trinajstić information content (AvgIpc) is 2.29. The van der Waals surface area contributed by atoms with Gasteiger partial charge in [-0.15, -0.1) is 0 Å². The Kier molecular flexibility index (Phi) is 5.36. The molecule has 0 spiro atoms. The normalized spacial score (nSPS) is 12.2. The molecule has 0 bridgehead atoms. The first kappa shape index (κ1) is 15.0. The van der Waals surface area contributed by atoms with Crippen molar-refractivity contribution in [1.29, 1.82) is 0 Å². The van der Waals surface area contributed by atoms with Crippen LogP contribution in [-0.4, -0.2) is 28.1 Å². The van der Waals surface area contributed by atoms with Gasteiger partial charge in [0.25, 0.3) is 0 Å². The predicted molar refractivity (Wildman–Crippen MR) is 70.8 cm³/mol. The Labute approximate surface area is 112 Å². The highest BCUT2D eigenvalue weighted by molar-refractivity contribution is 5.83. The molecule has 1 rings (SSSR count). The van der Waals surface area contributed by atoms with Crippen LogP contribution in [0.2, 0.25) is 0 Å². The van der Waals surface area contributed by atoms with Crippen LogP contribution < -0.4 is 5.32 Å². The van der Waals surface area contributed by atoms with Crippen LogP contribution >= 0.6 is 0 Å². The van der Waals surface area contributed by atoms with Crippen molar-refractivity contribution in [2.24, 2.45) is 5.92 Å². The van der Waals surface area contributed by atoms with Gasteiger partial charge in [-0.2, -0.15) is 0 Å². The van der Waals surface area contributed by atoms with E-state index in [4.69, 9.17) is 10.2 Å². The van der Waals surface area contributed by atoms with E-state index in [-0.39, 0.29) is 24.0 Å². The van der Waals surface area contributed by atoms with Crippen molar-refractivity contribution in [1.82, 2.24) is 5.32 Å². The van der Waals surface area contributed by atoms with E-state index in [0.717, 1.165) is 5.56 Å². The van der Waals surface area contributed by atoms with E-state index in [1.807, 2.05) is 13.8 Å². The molecule has 104 valence electrons. The van der Waals surface area contributed by atoms with Gasteiger partial charge in [-0.25, -0.2) is 4.79 Å². The lowest BCUT2D eigenvalue weighted by molar-refractivity contribution is -0.141. The van der Waals surface area contributed by atoms with Gasteiger partial charge in [-0.1, -0.05) is 26.0 Å². The number of phenols is 1. The van der Waals surface area contributed by atoms with Gasteiger partial charge in [0.1, 0.15) is 11.8 Å². The van der Waals surface area contributed by atoms with Crippen LogP contribution in [0.15, 0.2) is 24.3 Å². The monoisotopic (exact) mass is 265 g/mol. The fourth-order valence-electron chi connectivity index (χ4n) is 1.69. The second-order valence-corrected chi connectivity index (χ2v) is 4.93. The summed E-state index contributed by atoms with van der Waals surface area (Å²) >= 11 is 0. The molecule has 1 atom stereocenters. The van der Waals surface area contributed by atoms with Gasteiger partial charge in [0.05, 0.1) is 0 Å². The SMILES string of the molecule is CC(C)CC(=O)N[C@H](Cc1ccc(O)cc1)C(=O)O. The highest BCUT2D eigenvalue weighted by atomic mass is 16.4. The molecule has 0 heterocycles. The number of benzene rings is 1. The third kappa shape index (κ3) is 5.42. The van der Waals surface area contributed by atoms with Crippen LogP contribution in [-0.2, 0) is 16.0 Å². The molecule has 5 nitrogen and oxygen atoms in total. The summed E-state index contributed by atoms with van der Waals surface area (Å²) in [6.07, 6.45) is 0.499. The smallest absolute Gasteiger partial charge is 0.326 e. The first-order valence-corrected chi connectivity index (χ1v) is 6.18. The van der Waals surface area contributed by atoms with E-state index in [1.54, 1.807) is 12.1 Å². The summed E-state index contributed by atoms with van der Waals surface area (Å²) in [6.45, 7) is 3.80. The van der Waals surface area contributed by atoms with E-state index in [1.165, 1.54) is 12.1 Å². The van der Waals surface area contributed by atoms with Crippen molar-refractivity contribution in [3.8, 4) is 5.75 Å². The minimum Gasteiger partial charge on any atom is -0.508 e. The van der Waals surface area contributed by atoms with Gasteiger partial charge in [0, 0.05) is 12.8 Å². The molecular formula is C14H19NO4. The zero-order valence-corrected chi connectivity index (χ0v) is 11.1. The lowest BCUT2D eigenvalue weighted by Crippen LogP contribution is -2.42. The standard InChI is InChI=1S/C14H19NO4/c1-9(2)7-13(17)15-12(14(18)19)8-10-3-5-11(16)6-4-10/h3-6,9,12,16H,7-8H2,1-2H3,(H,15,17)(H,18,19)/t12-/m1/s1. The number of hydrogen-bond acceptors (Lipinski definition) is 3. The first-order valence-electron chi connectivity index (χ1n) is 6.18. The van der Waals surface area contributed by atoms with E-state index in [9.17, 15) is 9.59 Å². The predicted octanol–water partition coefficient (Wildman–Crippen LogP) is 1.55. The van der Waals surface area contributed by atoms with Gasteiger partial charge in [0.2, 0.25) is 5.91 Å². The topological polar surface area (TPSA) is 86.6 Å². The molecule has 1 aromatic carbocycles. The maximum absolute atomic E-state index is 11.6. The molecule has 19 heavy (non-hydrogen) atoms. The molecule has 0 saturated heterocycles. The Morgan fingerprint density at radius 3 is 2.26 bits per heavy atom. The van der Waals surface area contributed by atoms with Gasteiger partial charge >= 0.3 is 5.97 Å². The van der Waals surface area contributed by atoms with Gasteiger partial charge in [-0.05, 0) is 23.6 Å². The van der Waals surface area contributed by atoms with Crippen molar-refractivity contribution >= 4 is 11.9 Å². The lowest BCUT2D eigenvalue weighted by atomic mass is 10.0. The largest absolute Gasteiger partial charge is 0.508 e. The lowest BCUT2D eigenvalue weighted by Gasteiger charge is -2.15. The molecule has 1 amide bonds. The zero-order valence-electron chi connectivity index (χ0n) is 11.1. The van der Waals surface area contributed by atoms with E-state index in [0.29, 0.717) is 6.42 Å². The highest BCUT2D eigenvalue weighted by Crippen LogP contribution is 2.11. The minimum atomic E-state index is -1.06. The van der Waals surface area contributed by atoms with Crippen LogP contribution in [0.25, 0.3) is 0 Å². The number of phenolic OH excluding ortho intramolecular Hbond substituents is 1. The summed E-state index contributed by atoms with van der Waals surface area (Å²) in [5, 5.41) is 20.8. The number of amides is 1. The number of carboxylic acid groups (broad SMARTS) is 1. The summed E-state index contributed by atoms with van der Waals surface area (Å²) in [7, 11) is 0. The highest BCUT2D eigenvalue weighted by Gasteiger charge is 2.20. The van der Waals surface area contributed by atoms with E-state index < -0.39 is 12.0 Å². The summed E-state index contributed by atoms with van der Waals surface area (Å²) < 4.78 is 0. The molecular weight excluding hydrogens is 246 g/mol. The molecule has 3 N–H and O–H groups in total. The Morgan fingerprint density at radius 1 is 1.21 bits per heavy atom. The molecule has 0 aromatic heterocycles. The summed E-state index contributed by atoms with van der Waals surface area (Å²) in [4.78, 5) is 22.7. The van der Waals surface area contributed by atoms with Crippen LogP contribution in [0.1, 0.15) is 25.8 Å². The van der Waals surface area contributed by atoms with E-state index in [2.05, 4.69) is 5.32 Å². The van der Waals surface area contributed by atoms with Gasteiger partial charge in [-0.3, -0.25) is 4.79 Å². The van der Waals surface area contributed by atoms with Crippen molar-refractivity contribution in [2.45, 2.75) is 32.7 Å². The maximum Gasteiger partial charge on any atom is 0.326 e. The molecule has 0 saturated carbocycles. The van der Waals surface area contributed by atoms with Crippen LogP contribution in [0.3, 0.4) is 0 Å². The quantitative estimate of drug-likeness (QED) is 0.728. The number of carbonyl (C=O) groups excluding carboxylic acids is 1. The Bertz CT molecular complexity index is 439. The van der Waals surface area contributed by atoms with Crippen molar-refractivity contribution in [3.05, 3.63) is 29.8 Å². The van der Waals surface area contributed by atoms with Crippen LogP contribution in [0.4, 0.5) is 0 Å². The Balaban J connectivity index is 2.65. The third-order valence-electron chi connectivity index (χ3n) is 2.60. The van der Waals surface area contributed by atoms with Crippen LogP contribution in [0, 0.1) is 5.92 Å². The number of carbonyl (C=O) groups is 2. The number of rotatable bonds is 6. The molecule has 0 fully saturated rings. The summed E-state index contributed by atoms with van der Waals surface area (Å²) in [6, 6.07) is 5.31. The van der Waals surface area contributed by atoms with Crippen LogP contribution in [0.5, 0.6) is 5.75 Å². The molecule has 0 aliphatic heterocycles. The van der Waals surface area contributed by atoms with Gasteiger partial charge in [0.15, 0.2) is 0 Å². The number of carboxylic acids is 1. The number of aromatic hydroxyl groups is 1. The number of aliphatic carboxylic acids is 1. The first-order chi connectivity index (χ1) is 8.88. The fraction of sp³-hybridized carbons (Fsp3) is 0.429. The summed E-state index contributed by atoms with van der Waals surface area (Å²) in [5.74, 6) is -1.02. The molecule has 0 radical (unpaired) electrons. The zero-order chi connectivity index (χ0) is 14.4. The van der Waals surface area contributed by atoms with Crippen molar-refractivity contribution in [3.63, 3.8) is 0 Å². The molecule has 0 unspecified atom stereocenters. The average molecular weight is 265 g/mol. The van der Waals surface area contributed by atoms with Crippen molar-refractivity contribution < 1.29 is 19.8 Å². The Morgan fingerprint density at radius 2 is 1.79 bits per heavy atom. The van der Waals surface area contributed by atoms with E-state index >= 15 is 0 Å². The van der Waals surface area contributed by atoms with Gasteiger partial charge < -0.3 is 15.5 Å². The number of hydrogen-bond donors (Lipinski definition) is 3. The van der Waals surface area contributed by atoms with Crippen molar-refractivity contribution in [2.75, 3.05) is 0 Å². The molecule has 0 aliphatic carbocycles. The second-order valence-electron chi connectivity index (χ2n) is 4.93. The summed E-state index contributed by atoms with van der Waals surface area (Å²) in [5.41, 5.74) is 0.745. The Hall–Kier alpha value is -2.04. The molecule has 0 aliphatic rings. The number of nitrogens with one attached hydrogen (secondary N) is 1. The third-order valence-corrected chi connectivity index (χ3v) is 2.60. The fourth-order valence-corrected chi connectivity index (χ4v) is 1.69. The second kappa shape index (κ2) is 6.78. The minimum absolute atomic E-state index is 0.125. The molecule has 1 aromatic rings. The maximum atomic E-state index is 11.6.